The second-order valence-corrected chi connectivity index (χ2v) is 7.61. The number of hydrogen-bond donors (Lipinski definition) is 2. The van der Waals surface area contributed by atoms with E-state index in [1.54, 1.807) is 24.4 Å². The van der Waals surface area contributed by atoms with Crippen LogP contribution in [0.1, 0.15) is 52.0 Å². The number of hydrogen-bond acceptors (Lipinski definition) is 3. The van der Waals surface area contributed by atoms with Crippen LogP contribution in [-0.4, -0.2) is 34.1 Å². The molecule has 1 aliphatic rings. The highest BCUT2D eigenvalue weighted by molar-refractivity contribution is 5.97. The first-order chi connectivity index (χ1) is 14.9. The quantitative estimate of drug-likeness (QED) is 0.578. The molecule has 3 aromatic rings. The summed E-state index contributed by atoms with van der Waals surface area (Å²) in [4.78, 5) is 14.5. The van der Waals surface area contributed by atoms with Gasteiger partial charge in [-0.2, -0.15) is 18.3 Å². The van der Waals surface area contributed by atoms with Crippen LogP contribution < -0.4 is 5.32 Å². The van der Waals surface area contributed by atoms with Gasteiger partial charge in [0.15, 0.2) is 0 Å². The van der Waals surface area contributed by atoms with Crippen LogP contribution in [0.15, 0.2) is 54.9 Å². The number of alkyl halides is 3. The van der Waals surface area contributed by atoms with Crippen molar-refractivity contribution in [1.29, 1.82) is 0 Å². The Hall–Kier alpha value is -3.29. The van der Waals surface area contributed by atoms with Gasteiger partial charge in [-0.15, -0.1) is 0 Å². The first kappa shape index (κ1) is 21.0. The van der Waals surface area contributed by atoms with Crippen LogP contribution in [0.4, 0.5) is 18.9 Å². The van der Waals surface area contributed by atoms with Crippen LogP contribution in [0.5, 0.6) is 0 Å². The van der Waals surface area contributed by atoms with Gasteiger partial charge >= 0.3 is 6.18 Å². The van der Waals surface area contributed by atoms with Gasteiger partial charge in [0.1, 0.15) is 0 Å². The average Bonchev–Trinajstić information content (AvgIpc) is 3.28. The number of halogens is 3. The molecule has 0 fully saturated rings. The molecule has 2 heterocycles. The van der Waals surface area contributed by atoms with E-state index in [1.807, 2.05) is 17.9 Å². The molecule has 31 heavy (non-hydrogen) atoms. The molecule has 0 saturated carbocycles. The van der Waals surface area contributed by atoms with Crippen LogP contribution in [0.25, 0.3) is 0 Å². The van der Waals surface area contributed by atoms with Gasteiger partial charge in [0.25, 0.3) is 5.91 Å². The molecule has 162 valence electrons. The van der Waals surface area contributed by atoms with Gasteiger partial charge in [-0.05, 0) is 48.2 Å². The van der Waals surface area contributed by atoms with Crippen LogP contribution >= 0.6 is 0 Å². The molecule has 5 nitrogen and oxygen atoms in total. The molecule has 0 saturated heterocycles. The highest BCUT2D eigenvalue weighted by atomic mass is 19.4. The van der Waals surface area contributed by atoms with Crippen LogP contribution in [0.2, 0.25) is 0 Å². The number of aromatic amines is 1. The smallest absolute Gasteiger partial charge is 0.374 e. The summed E-state index contributed by atoms with van der Waals surface area (Å²) in [6.45, 7) is 3.39. The van der Waals surface area contributed by atoms with E-state index in [0.717, 1.165) is 24.6 Å². The van der Waals surface area contributed by atoms with Gasteiger partial charge in [0.2, 0.25) is 0 Å². The first-order valence-electron chi connectivity index (χ1n) is 10.2. The minimum absolute atomic E-state index is 0.00320. The van der Waals surface area contributed by atoms with Crippen LogP contribution in [0, 0.1) is 0 Å². The molecule has 1 unspecified atom stereocenters. The Balaban J connectivity index is 1.69. The van der Waals surface area contributed by atoms with Gasteiger partial charge in [0.05, 0.1) is 17.8 Å². The van der Waals surface area contributed by atoms with E-state index < -0.39 is 17.8 Å². The molecule has 0 bridgehead atoms. The number of anilines is 1. The predicted octanol–water partition coefficient (Wildman–Crippen LogP) is 5.04. The third-order valence-electron chi connectivity index (χ3n) is 5.51. The van der Waals surface area contributed by atoms with E-state index in [9.17, 15) is 18.0 Å². The number of nitrogens with one attached hydrogen (secondary N) is 2. The summed E-state index contributed by atoms with van der Waals surface area (Å²) in [5.41, 5.74) is 2.20. The van der Waals surface area contributed by atoms with Crippen molar-refractivity contribution >= 4 is 11.6 Å². The number of rotatable bonds is 6. The monoisotopic (exact) mass is 428 g/mol. The molecule has 1 amide bonds. The molecule has 2 N–H and O–H groups in total. The number of nitrogens with zero attached hydrogens (tertiary/aromatic N) is 2. The van der Waals surface area contributed by atoms with Crippen LogP contribution in [0.3, 0.4) is 0 Å². The minimum Gasteiger partial charge on any atom is -0.374 e. The fourth-order valence-electron chi connectivity index (χ4n) is 4.04. The SMILES string of the molecule is CCCN1CCc2cc(NC(c3cn[nH]c3)c3ccccc3C(F)(F)F)ccc2C1=O. The summed E-state index contributed by atoms with van der Waals surface area (Å²) in [6.07, 6.45) is 0.216. The maximum atomic E-state index is 13.7. The molecule has 1 aromatic heterocycles. The summed E-state index contributed by atoms with van der Waals surface area (Å²) in [5, 5.41) is 9.81. The zero-order chi connectivity index (χ0) is 22.0. The topological polar surface area (TPSA) is 61.0 Å². The standard InChI is InChI=1S/C23H23F3N4O/c1-2-10-30-11-9-15-12-17(7-8-18(15)22(30)31)29-21(16-13-27-28-14-16)19-5-3-4-6-20(19)23(24,25)26/h3-8,12-14,21,29H,2,9-11H2,1H3,(H,27,28). The largest absolute Gasteiger partial charge is 0.416 e. The Labute approximate surface area is 178 Å². The molecule has 4 rings (SSSR count). The zero-order valence-electron chi connectivity index (χ0n) is 17.0. The lowest BCUT2D eigenvalue weighted by Crippen LogP contribution is -2.38. The Morgan fingerprint density at radius 2 is 2.03 bits per heavy atom. The first-order valence-corrected chi connectivity index (χ1v) is 10.2. The summed E-state index contributed by atoms with van der Waals surface area (Å²) in [6, 6.07) is 10.1. The number of aromatic nitrogens is 2. The number of fused-ring (bicyclic) bond motifs is 1. The van der Waals surface area contributed by atoms with Crippen molar-refractivity contribution in [3.63, 3.8) is 0 Å². The Morgan fingerprint density at radius 1 is 1.23 bits per heavy atom. The summed E-state index contributed by atoms with van der Waals surface area (Å²) >= 11 is 0. The van der Waals surface area contributed by atoms with Crippen molar-refractivity contribution < 1.29 is 18.0 Å². The van der Waals surface area contributed by atoms with E-state index in [4.69, 9.17) is 0 Å². The van der Waals surface area contributed by atoms with Crippen LogP contribution in [-0.2, 0) is 12.6 Å². The molecule has 1 atom stereocenters. The van der Waals surface area contributed by atoms with Gasteiger partial charge < -0.3 is 10.2 Å². The highest BCUT2D eigenvalue weighted by Gasteiger charge is 2.35. The summed E-state index contributed by atoms with van der Waals surface area (Å²) in [7, 11) is 0. The fraction of sp³-hybridized carbons (Fsp3) is 0.304. The Morgan fingerprint density at radius 3 is 2.74 bits per heavy atom. The minimum atomic E-state index is -4.48. The third-order valence-corrected chi connectivity index (χ3v) is 5.51. The van der Waals surface area contributed by atoms with Crippen molar-refractivity contribution in [2.45, 2.75) is 32.0 Å². The second-order valence-electron chi connectivity index (χ2n) is 7.61. The average molecular weight is 428 g/mol. The molecular weight excluding hydrogens is 405 g/mol. The molecule has 0 spiro atoms. The maximum absolute atomic E-state index is 13.7. The van der Waals surface area contributed by atoms with E-state index in [-0.39, 0.29) is 11.5 Å². The van der Waals surface area contributed by atoms with Crippen molar-refractivity contribution in [3.05, 3.63) is 82.7 Å². The fourth-order valence-corrected chi connectivity index (χ4v) is 4.04. The number of amides is 1. The maximum Gasteiger partial charge on any atom is 0.416 e. The highest BCUT2D eigenvalue weighted by Crippen LogP contribution is 2.38. The molecule has 1 aliphatic heterocycles. The predicted molar refractivity (Wildman–Crippen MR) is 112 cm³/mol. The number of benzene rings is 2. The van der Waals surface area contributed by atoms with Crippen molar-refractivity contribution in [1.82, 2.24) is 15.1 Å². The van der Waals surface area contributed by atoms with Gasteiger partial charge in [0, 0.05) is 36.1 Å². The lowest BCUT2D eigenvalue weighted by molar-refractivity contribution is -0.138. The lowest BCUT2D eigenvalue weighted by Gasteiger charge is -2.29. The normalized spacial score (nSPS) is 15.0. The number of H-pyrrole nitrogens is 1. The van der Waals surface area contributed by atoms with E-state index in [2.05, 4.69) is 15.5 Å². The molecule has 0 aliphatic carbocycles. The lowest BCUT2D eigenvalue weighted by atomic mass is 9.94. The second kappa shape index (κ2) is 8.45. The molecular formula is C23H23F3N4O. The molecule has 8 heteroatoms. The van der Waals surface area contributed by atoms with Crippen molar-refractivity contribution in [3.8, 4) is 0 Å². The zero-order valence-corrected chi connectivity index (χ0v) is 17.0. The van der Waals surface area contributed by atoms with E-state index in [1.165, 1.54) is 18.3 Å². The van der Waals surface area contributed by atoms with Gasteiger partial charge in [-0.3, -0.25) is 9.89 Å². The molecule has 0 radical (unpaired) electrons. The number of carbonyl (C=O) groups is 1. The summed E-state index contributed by atoms with van der Waals surface area (Å²) in [5.74, 6) is 0.00320. The van der Waals surface area contributed by atoms with E-state index in [0.29, 0.717) is 29.8 Å². The van der Waals surface area contributed by atoms with Crippen molar-refractivity contribution in [2.24, 2.45) is 0 Å². The Kier molecular flexibility index (Phi) is 5.71. The van der Waals surface area contributed by atoms with Gasteiger partial charge in [-0.1, -0.05) is 25.1 Å². The van der Waals surface area contributed by atoms with E-state index >= 15 is 0 Å². The summed E-state index contributed by atoms with van der Waals surface area (Å²) < 4.78 is 41.0. The third kappa shape index (κ3) is 4.28. The van der Waals surface area contributed by atoms with Crippen molar-refractivity contribution in [2.75, 3.05) is 18.4 Å². The number of carbonyl (C=O) groups excluding carboxylic acids is 1. The molecule has 2 aromatic carbocycles. The Bertz CT molecular complexity index is 1060. The van der Waals surface area contributed by atoms with Gasteiger partial charge in [-0.25, -0.2) is 0 Å².